The number of esters is 1. The van der Waals surface area contributed by atoms with Gasteiger partial charge in [-0.25, -0.2) is 4.79 Å². The van der Waals surface area contributed by atoms with Gasteiger partial charge in [0.05, 0.1) is 27.7 Å². The van der Waals surface area contributed by atoms with E-state index in [1.54, 1.807) is 28.1 Å². The van der Waals surface area contributed by atoms with Crippen molar-refractivity contribution in [3.8, 4) is 0 Å². The maximum Gasteiger partial charge on any atom is 0.362 e. The van der Waals surface area contributed by atoms with E-state index in [1.807, 2.05) is 0 Å². The second kappa shape index (κ2) is 7.46. The summed E-state index contributed by atoms with van der Waals surface area (Å²) in [6.07, 6.45) is 0.659. The maximum atomic E-state index is 10.9. The summed E-state index contributed by atoms with van der Waals surface area (Å²) in [6, 6.07) is -0.547. The number of rotatable bonds is 6. The Morgan fingerprint density at radius 1 is 1.31 bits per heavy atom. The van der Waals surface area contributed by atoms with Crippen LogP contribution in [-0.4, -0.2) is 55.3 Å². The number of hydrogen-bond donors (Lipinski definition) is 1. The minimum atomic E-state index is -0.866. The Morgan fingerprint density at radius 3 is 2.12 bits per heavy atom. The number of quaternary nitrogens is 1. The molecule has 0 fully saturated rings. The first kappa shape index (κ1) is 17.6. The highest BCUT2D eigenvalue weighted by atomic mass is 35.5. The molecule has 0 aromatic carbocycles. The molecule has 0 amide bonds. The molecule has 5 nitrogen and oxygen atoms in total. The monoisotopic (exact) mass is 253 g/mol. The Morgan fingerprint density at radius 2 is 1.81 bits per heavy atom. The topological polar surface area (TPSA) is 63.6 Å². The van der Waals surface area contributed by atoms with Gasteiger partial charge in [0, 0.05) is 12.8 Å². The minimum absolute atomic E-state index is 0. The van der Waals surface area contributed by atoms with Crippen molar-refractivity contribution in [2.45, 2.75) is 25.8 Å². The summed E-state index contributed by atoms with van der Waals surface area (Å²) in [4.78, 5) is 21.8. The lowest BCUT2D eigenvalue weighted by Gasteiger charge is -2.30. The van der Waals surface area contributed by atoms with Crippen molar-refractivity contribution in [1.29, 1.82) is 0 Å². The van der Waals surface area contributed by atoms with Gasteiger partial charge in [-0.3, -0.25) is 4.79 Å². The summed E-state index contributed by atoms with van der Waals surface area (Å²) in [5.41, 5.74) is 0. The highest BCUT2D eigenvalue weighted by Gasteiger charge is 2.31. The van der Waals surface area contributed by atoms with Crippen LogP contribution >= 0.6 is 0 Å². The van der Waals surface area contributed by atoms with Crippen molar-refractivity contribution in [3.63, 3.8) is 0 Å². The van der Waals surface area contributed by atoms with Gasteiger partial charge in [0.15, 0.2) is 6.04 Å². The zero-order valence-corrected chi connectivity index (χ0v) is 11.0. The summed E-state index contributed by atoms with van der Waals surface area (Å²) in [5.74, 6) is -1.16. The lowest BCUT2D eigenvalue weighted by Crippen LogP contribution is -3.00. The second-order valence-electron chi connectivity index (χ2n) is 4.33. The lowest BCUT2D eigenvalue weighted by molar-refractivity contribution is -0.887. The van der Waals surface area contributed by atoms with Crippen molar-refractivity contribution in [1.82, 2.24) is 0 Å². The number of carbonyl (C=O) groups excluding carboxylic acids is 1. The van der Waals surface area contributed by atoms with Crippen LogP contribution in [0.5, 0.6) is 0 Å². The summed E-state index contributed by atoms with van der Waals surface area (Å²) in [7, 11) is 5.42. The highest BCUT2D eigenvalue weighted by molar-refractivity contribution is 5.72. The normalized spacial score (nSPS) is 12.5. The molecule has 1 atom stereocenters. The predicted molar refractivity (Wildman–Crippen MR) is 55.3 cm³/mol. The molecule has 0 aliphatic heterocycles. The molecule has 1 unspecified atom stereocenters. The van der Waals surface area contributed by atoms with Crippen molar-refractivity contribution in [3.05, 3.63) is 0 Å². The largest absolute Gasteiger partial charge is 1.00 e. The van der Waals surface area contributed by atoms with Crippen LogP contribution in [0.25, 0.3) is 0 Å². The Labute approximate surface area is 102 Å². The molecular formula is C10H20ClNO4. The molecule has 0 aromatic heterocycles. The average Bonchev–Trinajstić information content (AvgIpc) is 2.09. The molecule has 1 N–H and O–H groups in total. The van der Waals surface area contributed by atoms with E-state index >= 15 is 0 Å². The molecule has 6 heteroatoms. The van der Waals surface area contributed by atoms with E-state index < -0.39 is 12.0 Å². The summed E-state index contributed by atoms with van der Waals surface area (Å²) >= 11 is 0. The quantitative estimate of drug-likeness (QED) is 0.420. The van der Waals surface area contributed by atoms with E-state index in [4.69, 9.17) is 9.84 Å². The molecule has 96 valence electrons. The third kappa shape index (κ3) is 6.63. The first-order valence-electron chi connectivity index (χ1n) is 4.98. The first-order chi connectivity index (χ1) is 6.79. The molecule has 16 heavy (non-hydrogen) atoms. The number of aliphatic carboxylic acids is 1. The second-order valence-corrected chi connectivity index (χ2v) is 4.33. The molecule has 0 heterocycles. The smallest absolute Gasteiger partial charge is 0.362 e. The van der Waals surface area contributed by atoms with Gasteiger partial charge in [-0.15, -0.1) is 0 Å². The number of carboxylic acid groups (broad SMARTS) is 1. The number of ether oxygens (including phenoxy) is 1. The van der Waals surface area contributed by atoms with Crippen LogP contribution in [0.2, 0.25) is 0 Å². The number of carboxylic acids is 1. The van der Waals surface area contributed by atoms with Crippen molar-refractivity contribution in [2.75, 3.05) is 27.7 Å². The van der Waals surface area contributed by atoms with E-state index in [1.165, 1.54) is 0 Å². The lowest BCUT2D eigenvalue weighted by atomic mass is 10.1. The van der Waals surface area contributed by atoms with Crippen LogP contribution in [-0.2, 0) is 14.3 Å². The molecule has 0 radical (unpaired) electrons. The predicted octanol–water partition coefficient (Wildman–Crippen LogP) is -2.51. The Hall–Kier alpha value is -0.810. The molecule has 0 aliphatic rings. The molecule has 0 saturated carbocycles. The summed E-state index contributed by atoms with van der Waals surface area (Å²) < 4.78 is 5.17. The first-order valence-corrected chi connectivity index (χ1v) is 4.98. The van der Waals surface area contributed by atoms with E-state index in [-0.39, 0.29) is 25.0 Å². The van der Waals surface area contributed by atoms with E-state index in [0.717, 1.165) is 0 Å². The Kier molecular flexibility index (Phi) is 8.20. The standard InChI is InChI=1S/C10H19NO4.ClH/c1-5-9(12)15-7-6-8(10(13)14)11(2,3)4;/h8H,5-7H2,1-4H3;1H. The van der Waals surface area contributed by atoms with E-state index in [9.17, 15) is 9.59 Å². The Bertz CT molecular complexity index is 237. The molecule has 0 aliphatic carbocycles. The van der Waals surface area contributed by atoms with Gasteiger partial charge < -0.3 is 26.7 Å². The molecule has 0 bridgehead atoms. The molecule has 0 rings (SSSR count). The summed E-state index contributed by atoms with van der Waals surface area (Å²) in [5, 5.41) is 8.98. The fourth-order valence-corrected chi connectivity index (χ4v) is 1.23. The molecule has 0 aromatic rings. The molecular weight excluding hydrogens is 234 g/mol. The van der Waals surface area contributed by atoms with Crippen LogP contribution in [0.15, 0.2) is 0 Å². The number of hydrogen-bond acceptors (Lipinski definition) is 3. The number of nitrogens with zero attached hydrogens (tertiary/aromatic N) is 1. The van der Waals surface area contributed by atoms with Gasteiger partial charge in [0.2, 0.25) is 0 Å². The maximum absolute atomic E-state index is 10.9. The number of halogens is 1. The molecule has 0 saturated heterocycles. The van der Waals surface area contributed by atoms with Crippen molar-refractivity contribution >= 4 is 11.9 Å². The minimum Gasteiger partial charge on any atom is -1.00 e. The zero-order valence-electron chi connectivity index (χ0n) is 10.2. The summed E-state index contributed by atoms with van der Waals surface area (Å²) in [6.45, 7) is 1.87. The van der Waals surface area contributed by atoms with Crippen LogP contribution in [0.4, 0.5) is 0 Å². The van der Waals surface area contributed by atoms with Crippen LogP contribution in [0, 0.1) is 0 Å². The van der Waals surface area contributed by atoms with E-state index in [2.05, 4.69) is 0 Å². The van der Waals surface area contributed by atoms with Crippen LogP contribution in [0.3, 0.4) is 0 Å². The third-order valence-corrected chi connectivity index (χ3v) is 2.16. The van der Waals surface area contributed by atoms with Gasteiger partial charge in [-0.1, -0.05) is 6.92 Å². The number of likely N-dealkylation sites (N-methyl/N-ethyl adjacent to an activating group) is 1. The SMILES string of the molecule is CCC(=O)OCCC(C(=O)O)[N+](C)(C)C.[Cl-]. The fourth-order valence-electron chi connectivity index (χ4n) is 1.23. The van der Waals surface area contributed by atoms with Crippen LogP contribution < -0.4 is 12.4 Å². The van der Waals surface area contributed by atoms with Gasteiger partial charge in [-0.2, -0.15) is 0 Å². The number of carbonyl (C=O) groups is 2. The zero-order chi connectivity index (χ0) is 12.1. The van der Waals surface area contributed by atoms with Gasteiger partial charge in [0.25, 0.3) is 0 Å². The molecule has 0 spiro atoms. The van der Waals surface area contributed by atoms with Gasteiger partial charge >= 0.3 is 11.9 Å². The fraction of sp³-hybridized carbons (Fsp3) is 0.800. The average molecular weight is 254 g/mol. The Balaban J connectivity index is 0. The third-order valence-electron chi connectivity index (χ3n) is 2.16. The van der Waals surface area contributed by atoms with E-state index in [0.29, 0.717) is 17.3 Å². The van der Waals surface area contributed by atoms with Gasteiger partial charge in [0.1, 0.15) is 0 Å². The van der Waals surface area contributed by atoms with Crippen LogP contribution in [0.1, 0.15) is 19.8 Å². The van der Waals surface area contributed by atoms with Gasteiger partial charge in [-0.05, 0) is 0 Å². The van der Waals surface area contributed by atoms with Crippen molar-refractivity contribution in [2.24, 2.45) is 0 Å². The van der Waals surface area contributed by atoms with Crippen molar-refractivity contribution < 1.29 is 36.3 Å². The highest BCUT2D eigenvalue weighted by Crippen LogP contribution is 2.08.